The Morgan fingerprint density at radius 1 is 1.64 bits per heavy atom. The van der Waals surface area contributed by atoms with Gasteiger partial charge in [-0.05, 0) is 13.3 Å². The van der Waals surface area contributed by atoms with Crippen LogP contribution in [0.4, 0.5) is 0 Å². The minimum Gasteiger partial charge on any atom is -0.391 e. The summed E-state index contributed by atoms with van der Waals surface area (Å²) in [5, 5.41) is 9.24. The molecule has 66 valence electrons. The van der Waals surface area contributed by atoms with E-state index in [2.05, 4.69) is 13.8 Å². The molecular weight excluding hydrogens is 140 g/mol. The predicted octanol–water partition coefficient (Wildman–Crippen LogP) is 1.72. The van der Waals surface area contributed by atoms with E-state index in [1.54, 1.807) is 0 Å². The van der Waals surface area contributed by atoms with Gasteiger partial charge in [0.05, 0.1) is 18.3 Å². The fraction of sp³-hybridized carbons (Fsp3) is 1.00. The van der Waals surface area contributed by atoms with E-state index in [1.165, 1.54) is 12.8 Å². The van der Waals surface area contributed by atoms with Crippen LogP contribution in [-0.4, -0.2) is 23.4 Å². The first-order valence-corrected chi connectivity index (χ1v) is 4.48. The molecule has 1 N–H and O–H groups in total. The molecule has 2 unspecified atom stereocenters. The molecule has 1 aliphatic heterocycles. The lowest BCUT2D eigenvalue weighted by Gasteiger charge is -2.22. The first-order valence-electron chi connectivity index (χ1n) is 4.48. The maximum atomic E-state index is 9.24. The molecule has 0 aliphatic carbocycles. The molecular formula is C9H18O2. The molecule has 1 fully saturated rings. The number of unbranched alkanes of at least 4 members (excludes halogenated alkanes) is 1. The van der Waals surface area contributed by atoms with Crippen LogP contribution in [0.15, 0.2) is 0 Å². The zero-order valence-electron chi connectivity index (χ0n) is 7.47. The van der Waals surface area contributed by atoms with Crippen molar-refractivity contribution in [2.24, 2.45) is 0 Å². The van der Waals surface area contributed by atoms with Crippen LogP contribution in [0.3, 0.4) is 0 Å². The van der Waals surface area contributed by atoms with E-state index in [0.717, 1.165) is 12.8 Å². The van der Waals surface area contributed by atoms with E-state index in [9.17, 15) is 5.11 Å². The summed E-state index contributed by atoms with van der Waals surface area (Å²) < 4.78 is 5.50. The summed E-state index contributed by atoms with van der Waals surface area (Å²) in [5.74, 6) is 0. The zero-order chi connectivity index (χ0) is 8.32. The molecule has 0 bridgehead atoms. The van der Waals surface area contributed by atoms with Crippen LogP contribution in [0.25, 0.3) is 0 Å². The van der Waals surface area contributed by atoms with Gasteiger partial charge >= 0.3 is 0 Å². The number of hydrogen-bond donors (Lipinski definition) is 1. The summed E-state index contributed by atoms with van der Waals surface area (Å²) in [5.41, 5.74) is -0.0323. The number of hydrogen-bond acceptors (Lipinski definition) is 2. The third-order valence-electron chi connectivity index (χ3n) is 2.35. The third kappa shape index (κ3) is 2.46. The lowest BCUT2D eigenvalue weighted by Crippen LogP contribution is -2.23. The second-order valence-corrected chi connectivity index (χ2v) is 3.72. The highest BCUT2D eigenvalue weighted by atomic mass is 16.5. The van der Waals surface area contributed by atoms with E-state index in [-0.39, 0.29) is 11.7 Å². The Hall–Kier alpha value is -0.0800. The molecule has 0 amide bonds. The summed E-state index contributed by atoms with van der Waals surface area (Å²) in [7, 11) is 0. The highest BCUT2D eigenvalue weighted by Crippen LogP contribution is 2.30. The average molecular weight is 158 g/mol. The SMILES string of the molecule is CCCCC1(C)CC(O)CO1. The first kappa shape index (κ1) is 9.01. The maximum absolute atomic E-state index is 9.24. The van der Waals surface area contributed by atoms with Gasteiger partial charge in [0.25, 0.3) is 0 Å². The molecule has 0 aromatic rings. The number of rotatable bonds is 3. The molecule has 1 rings (SSSR count). The summed E-state index contributed by atoms with van der Waals surface area (Å²) in [6.45, 7) is 4.80. The lowest BCUT2D eigenvalue weighted by atomic mass is 9.95. The van der Waals surface area contributed by atoms with E-state index in [1.807, 2.05) is 0 Å². The van der Waals surface area contributed by atoms with Gasteiger partial charge in [-0.1, -0.05) is 19.8 Å². The van der Waals surface area contributed by atoms with Crippen molar-refractivity contribution in [2.45, 2.75) is 51.2 Å². The van der Waals surface area contributed by atoms with Crippen LogP contribution in [0.5, 0.6) is 0 Å². The van der Waals surface area contributed by atoms with E-state index < -0.39 is 0 Å². The van der Waals surface area contributed by atoms with Crippen LogP contribution in [0, 0.1) is 0 Å². The van der Waals surface area contributed by atoms with E-state index in [4.69, 9.17) is 4.74 Å². The summed E-state index contributed by atoms with van der Waals surface area (Å²) >= 11 is 0. The minimum atomic E-state index is -0.225. The maximum Gasteiger partial charge on any atom is 0.0801 e. The monoisotopic (exact) mass is 158 g/mol. The van der Waals surface area contributed by atoms with Crippen LogP contribution >= 0.6 is 0 Å². The molecule has 0 aromatic heterocycles. The fourth-order valence-electron chi connectivity index (χ4n) is 1.64. The summed E-state index contributed by atoms with van der Waals surface area (Å²) in [4.78, 5) is 0. The Labute approximate surface area is 68.6 Å². The quantitative estimate of drug-likeness (QED) is 0.677. The highest BCUT2D eigenvalue weighted by Gasteiger charge is 2.34. The molecule has 2 nitrogen and oxygen atoms in total. The second kappa shape index (κ2) is 3.55. The van der Waals surface area contributed by atoms with Crippen molar-refractivity contribution in [3.8, 4) is 0 Å². The first-order chi connectivity index (χ1) is 5.16. The van der Waals surface area contributed by atoms with Crippen molar-refractivity contribution < 1.29 is 9.84 Å². The molecule has 0 spiro atoms. The standard InChI is InChI=1S/C9H18O2/c1-3-4-5-9(2)6-8(10)7-11-9/h8,10H,3-7H2,1-2H3. The highest BCUT2D eigenvalue weighted by molar-refractivity contribution is 4.84. The fourth-order valence-corrected chi connectivity index (χ4v) is 1.64. The van der Waals surface area contributed by atoms with Crippen molar-refractivity contribution in [1.82, 2.24) is 0 Å². The smallest absolute Gasteiger partial charge is 0.0801 e. The van der Waals surface area contributed by atoms with Crippen LogP contribution in [0.2, 0.25) is 0 Å². The normalized spacial score (nSPS) is 37.9. The van der Waals surface area contributed by atoms with Crippen molar-refractivity contribution in [2.75, 3.05) is 6.61 Å². The summed E-state index contributed by atoms with van der Waals surface area (Å²) in [6.07, 6.45) is 4.07. The third-order valence-corrected chi connectivity index (χ3v) is 2.35. The Morgan fingerprint density at radius 2 is 2.36 bits per heavy atom. The molecule has 1 saturated heterocycles. The zero-order valence-corrected chi connectivity index (χ0v) is 7.47. The lowest BCUT2D eigenvalue weighted by molar-refractivity contribution is 0.00802. The van der Waals surface area contributed by atoms with Gasteiger partial charge in [-0.15, -0.1) is 0 Å². The van der Waals surface area contributed by atoms with Gasteiger partial charge < -0.3 is 9.84 Å². The Morgan fingerprint density at radius 3 is 2.82 bits per heavy atom. The summed E-state index contributed by atoms with van der Waals surface area (Å²) in [6, 6.07) is 0. The average Bonchev–Trinajstić information content (AvgIpc) is 2.28. The van der Waals surface area contributed by atoms with Crippen molar-refractivity contribution in [3.63, 3.8) is 0 Å². The van der Waals surface area contributed by atoms with Crippen LogP contribution < -0.4 is 0 Å². The number of aliphatic hydroxyl groups is 1. The Balaban J connectivity index is 2.29. The van der Waals surface area contributed by atoms with Crippen molar-refractivity contribution >= 4 is 0 Å². The molecule has 2 atom stereocenters. The van der Waals surface area contributed by atoms with Gasteiger partial charge in [0.1, 0.15) is 0 Å². The number of aliphatic hydroxyl groups excluding tert-OH is 1. The minimum absolute atomic E-state index is 0.0323. The van der Waals surface area contributed by atoms with Gasteiger partial charge in [-0.3, -0.25) is 0 Å². The second-order valence-electron chi connectivity index (χ2n) is 3.72. The van der Waals surface area contributed by atoms with Gasteiger partial charge in [-0.25, -0.2) is 0 Å². The molecule has 11 heavy (non-hydrogen) atoms. The topological polar surface area (TPSA) is 29.5 Å². The van der Waals surface area contributed by atoms with Gasteiger partial charge in [-0.2, -0.15) is 0 Å². The largest absolute Gasteiger partial charge is 0.391 e. The Bertz CT molecular complexity index is 125. The van der Waals surface area contributed by atoms with E-state index >= 15 is 0 Å². The van der Waals surface area contributed by atoms with Crippen LogP contribution in [-0.2, 0) is 4.74 Å². The van der Waals surface area contributed by atoms with Crippen molar-refractivity contribution in [1.29, 1.82) is 0 Å². The van der Waals surface area contributed by atoms with Gasteiger partial charge in [0.15, 0.2) is 0 Å². The molecule has 1 aliphatic rings. The number of ether oxygens (including phenoxy) is 1. The molecule has 0 aromatic carbocycles. The molecule has 0 saturated carbocycles. The molecule has 0 radical (unpaired) electrons. The predicted molar refractivity (Wildman–Crippen MR) is 44.5 cm³/mol. The molecule has 2 heteroatoms. The van der Waals surface area contributed by atoms with E-state index in [0.29, 0.717) is 6.61 Å². The van der Waals surface area contributed by atoms with Gasteiger partial charge in [0.2, 0.25) is 0 Å². The Kier molecular flexibility index (Phi) is 2.90. The van der Waals surface area contributed by atoms with Crippen molar-refractivity contribution in [3.05, 3.63) is 0 Å². The molecule has 1 heterocycles. The van der Waals surface area contributed by atoms with Gasteiger partial charge in [0, 0.05) is 6.42 Å². The van der Waals surface area contributed by atoms with Crippen LogP contribution in [0.1, 0.15) is 39.5 Å².